The Bertz CT molecular complexity index is 2260. The molecule has 9 rings (SSSR count). The molecule has 4 aliphatic carbocycles. The van der Waals surface area contributed by atoms with Gasteiger partial charge in [0.05, 0.1) is 80.4 Å². The highest BCUT2D eigenvalue weighted by Gasteiger charge is 2.55. The van der Waals surface area contributed by atoms with Gasteiger partial charge in [-0.2, -0.15) is 0 Å². The zero-order chi connectivity index (χ0) is 63.4. The third-order valence-electron chi connectivity index (χ3n) is 19.3. The van der Waals surface area contributed by atoms with E-state index >= 15 is 0 Å². The number of aliphatic hydroxyl groups excluding tert-OH is 16. The number of hydrogen-bond donors (Lipinski definition) is 16. The quantitative estimate of drug-likeness (QED) is 0.0424. The summed E-state index contributed by atoms with van der Waals surface area (Å²) < 4.78 is 70.9. The largest absolute Gasteiger partial charge is 0.460 e. The van der Waals surface area contributed by atoms with Crippen LogP contribution in [0.25, 0.3) is 0 Å². The predicted octanol–water partition coefficient (Wildman–Crippen LogP) is -5.58. The Morgan fingerprint density at radius 3 is 1.67 bits per heavy atom. The summed E-state index contributed by atoms with van der Waals surface area (Å²) in [4.78, 5) is 25.6. The maximum absolute atomic E-state index is 13.2. The lowest BCUT2D eigenvalue weighted by Gasteiger charge is -2.52. The summed E-state index contributed by atoms with van der Waals surface area (Å²) in [5.74, 6) is -2.88. The van der Waals surface area contributed by atoms with Gasteiger partial charge in [-0.25, -0.2) is 9.59 Å². The number of carbonyl (C=O) groups is 2. The number of esters is 2. The van der Waals surface area contributed by atoms with Gasteiger partial charge in [0.2, 0.25) is 0 Å². The van der Waals surface area contributed by atoms with Crippen molar-refractivity contribution in [2.45, 2.75) is 274 Å². The highest BCUT2D eigenvalue weighted by molar-refractivity contribution is 5.82. The summed E-state index contributed by atoms with van der Waals surface area (Å²) in [5, 5.41) is 171. The first-order chi connectivity index (χ1) is 41.9. The van der Waals surface area contributed by atoms with Crippen LogP contribution >= 0.6 is 0 Å². The monoisotopic (exact) mass is 1270 g/mol. The first kappa shape index (κ1) is 69.7. The van der Waals surface area contributed by atoms with E-state index in [-0.39, 0.29) is 49.9 Å². The average Bonchev–Trinajstić information content (AvgIpc) is 2.00. The number of rotatable bonds is 19. The van der Waals surface area contributed by atoms with Gasteiger partial charge in [-0.15, -0.1) is 0 Å². The Morgan fingerprint density at radius 1 is 0.477 bits per heavy atom. The maximum atomic E-state index is 13.2. The van der Waals surface area contributed by atoms with E-state index in [1.807, 2.05) is 0 Å². The van der Waals surface area contributed by atoms with Crippen molar-refractivity contribution in [3.8, 4) is 0 Å². The van der Waals surface area contributed by atoms with Crippen LogP contribution in [0.3, 0.4) is 0 Å². The molecular formula is C58H92O30. The van der Waals surface area contributed by atoms with Gasteiger partial charge in [0.25, 0.3) is 0 Å². The molecule has 16 N–H and O–H groups in total. The van der Waals surface area contributed by atoms with Gasteiger partial charge >= 0.3 is 11.9 Å². The van der Waals surface area contributed by atoms with Gasteiger partial charge in [0.1, 0.15) is 92.1 Å². The Hall–Kier alpha value is -2.62. The minimum Gasteiger partial charge on any atom is -0.460 e. The number of hydrogen-bond acceptors (Lipinski definition) is 30. The lowest BCUT2D eigenvalue weighted by molar-refractivity contribution is -0.351. The van der Waals surface area contributed by atoms with E-state index in [0.29, 0.717) is 51.4 Å². The zero-order valence-corrected chi connectivity index (χ0v) is 49.1. The lowest BCUT2D eigenvalue weighted by atomic mass is 9.72. The second-order valence-corrected chi connectivity index (χ2v) is 25.3. The fourth-order valence-corrected chi connectivity index (χ4v) is 13.9. The van der Waals surface area contributed by atoms with E-state index in [1.165, 1.54) is 26.2 Å². The molecule has 0 aromatic carbocycles. The highest BCUT2D eigenvalue weighted by atomic mass is 16.7. The van der Waals surface area contributed by atoms with Gasteiger partial charge in [-0.1, -0.05) is 12.2 Å². The normalized spacial score (nSPS) is 49.7. The van der Waals surface area contributed by atoms with Crippen LogP contribution in [0.5, 0.6) is 0 Å². The van der Waals surface area contributed by atoms with Crippen LogP contribution in [0.1, 0.15) is 90.4 Å². The summed E-state index contributed by atoms with van der Waals surface area (Å²) in [6.45, 7) is -0.322. The Labute approximate surface area is 508 Å². The van der Waals surface area contributed by atoms with Crippen LogP contribution in [0, 0.1) is 23.7 Å². The predicted molar refractivity (Wildman–Crippen MR) is 291 cm³/mol. The van der Waals surface area contributed by atoms with E-state index in [0.717, 1.165) is 0 Å². The molecule has 0 aromatic heterocycles. The molecule has 5 aliphatic heterocycles. The molecule has 504 valence electrons. The highest BCUT2D eigenvalue weighted by Crippen LogP contribution is 2.46. The summed E-state index contributed by atoms with van der Waals surface area (Å²) in [6, 6.07) is 0. The zero-order valence-electron chi connectivity index (χ0n) is 49.1. The van der Waals surface area contributed by atoms with Gasteiger partial charge in [0, 0.05) is 31.6 Å². The molecule has 0 spiro atoms. The minimum atomic E-state index is -1.89. The van der Waals surface area contributed by atoms with Gasteiger partial charge in [-0.05, 0) is 102 Å². The Balaban J connectivity index is 0.750. The molecule has 88 heavy (non-hydrogen) atoms. The second-order valence-electron chi connectivity index (χ2n) is 25.3. The molecule has 0 aromatic rings. The van der Waals surface area contributed by atoms with Crippen molar-refractivity contribution in [2.24, 2.45) is 23.7 Å². The molecule has 0 radical (unpaired) electrons. The second kappa shape index (κ2) is 31.1. The smallest absolute Gasteiger partial charge is 0.330 e. The van der Waals surface area contributed by atoms with Crippen molar-refractivity contribution in [1.82, 2.24) is 0 Å². The number of ether oxygens (including phenoxy) is 12. The summed E-state index contributed by atoms with van der Waals surface area (Å²) in [7, 11) is 1.49. The third kappa shape index (κ3) is 16.5. The first-order valence-electron chi connectivity index (χ1n) is 30.9. The number of aliphatic hydroxyl groups is 16. The van der Waals surface area contributed by atoms with E-state index in [9.17, 15) is 91.3 Å². The van der Waals surface area contributed by atoms with Gasteiger partial charge < -0.3 is 139 Å². The van der Waals surface area contributed by atoms with Crippen molar-refractivity contribution in [3.63, 3.8) is 0 Å². The number of carbonyl (C=O) groups excluding carboxylic acids is 2. The number of allylic oxidation sites excluding steroid dienone is 2. The molecule has 0 amide bonds. The van der Waals surface area contributed by atoms with Crippen LogP contribution in [0.4, 0.5) is 0 Å². The topological polar surface area (TPSA) is 469 Å². The number of methoxy groups -OCH3 is 1. The Kier molecular flexibility index (Phi) is 24.6. The molecule has 9 aliphatic rings. The van der Waals surface area contributed by atoms with Crippen molar-refractivity contribution < 1.29 is 148 Å². The van der Waals surface area contributed by atoms with Crippen LogP contribution in [0.15, 0.2) is 24.3 Å². The Morgan fingerprint density at radius 2 is 1.05 bits per heavy atom. The summed E-state index contributed by atoms with van der Waals surface area (Å²) in [6.07, 6.45) is -29.6. The lowest BCUT2D eigenvalue weighted by Crippen LogP contribution is -2.64. The maximum Gasteiger partial charge on any atom is 0.330 e. The minimum absolute atomic E-state index is 0.00832. The molecule has 32 unspecified atom stereocenters. The molecular weight excluding hydrogens is 1180 g/mol. The van der Waals surface area contributed by atoms with Crippen LogP contribution in [-0.2, 0) is 66.4 Å². The van der Waals surface area contributed by atoms with Crippen molar-refractivity contribution in [1.29, 1.82) is 0 Å². The molecule has 30 nitrogen and oxygen atoms in total. The van der Waals surface area contributed by atoms with E-state index < -0.39 is 222 Å². The average molecular weight is 1270 g/mol. The fourth-order valence-electron chi connectivity index (χ4n) is 13.9. The fraction of sp³-hybridized carbons (Fsp3) is 0.897. The standard InChI is InChI=1S/C58H92O30/c1-23-53(88-41(65)14-6-24-3-9-28(10-4-24)81-56-49(73)46(70)43(67)38(86-56)21-78-40(64)13-7-25-5-11-30(61)31(62)15-25)48(72)52(76)55(80-23)79-22-39-44(68)47(71)51(75)58(87-39)84-36-19-29-34(82-54(36)26-8-12-33(77-2)32(63)16-26)17-27(60)18-35(29)83-57-50(74)45(69)42(66)37(20-59)85-57/h6-7,13-14,23-39,42-63,66-76H,3-5,8-12,15-22H2,1-2H3. The molecule has 9 fully saturated rings. The number of fused-ring (bicyclic) bond motifs is 1. The molecule has 32 atom stereocenters. The van der Waals surface area contributed by atoms with Crippen LogP contribution in [-0.4, -0.2) is 304 Å². The molecule has 30 heteroatoms. The molecule has 5 heterocycles. The summed E-state index contributed by atoms with van der Waals surface area (Å²) >= 11 is 0. The third-order valence-corrected chi connectivity index (χ3v) is 19.3. The van der Waals surface area contributed by atoms with E-state index in [1.54, 1.807) is 12.2 Å². The molecule has 4 saturated carbocycles. The van der Waals surface area contributed by atoms with Crippen molar-refractivity contribution in [2.75, 3.05) is 26.9 Å². The van der Waals surface area contributed by atoms with Crippen molar-refractivity contribution >= 4 is 11.9 Å². The molecule has 0 bridgehead atoms. The van der Waals surface area contributed by atoms with Crippen LogP contribution < -0.4 is 0 Å². The van der Waals surface area contributed by atoms with E-state index in [2.05, 4.69) is 0 Å². The first-order valence-corrected chi connectivity index (χ1v) is 30.9. The van der Waals surface area contributed by atoms with Gasteiger partial charge in [0.15, 0.2) is 31.3 Å². The van der Waals surface area contributed by atoms with Crippen LogP contribution in [0.2, 0.25) is 0 Å². The SMILES string of the molecule is COC1CCC(C2OC3CC(O)CC(OC4OC(CO)C(O)C(O)C4O)C3CC2OC2OC(COC3OC(C)C(OC(=O)C=CC4CCC(OC5OC(COC(=O)C=CC6CCC(O)C(O)C6)C(O)C(O)C5O)CC4)C(O)C3O)C(O)C(O)C2O)CC1O. The van der Waals surface area contributed by atoms with E-state index in [4.69, 9.17) is 56.8 Å². The van der Waals surface area contributed by atoms with Crippen molar-refractivity contribution in [3.05, 3.63) is 24.3 Å². The summed E-state index contributed by atoms with van der Waals surface area (Å²) in [5.41, 5.74) is 0. The van der Waals surface area contributed by atoms with Gasteiger partial charge in [-0.3, -0.25) is 0 Å². The molecule has 5 saturated heterocycles.